The van der Waals surface area contributed by atoms with Crippen LogP contribution in [0.2, 0.25) is 0 Å². The summed E-state index contributed by atoms with van der Waals surface area (Å²) in [5.41, 5.74) is 7.18. The van der Waals surface area contributed by atoms with Gasteiger partial charge in [0.05, 0.1) is 6.10 Å². The van der Waals surface area contributed by atoms with E-state index in [2.05, 4.69) is 0 Å². The van der Waals surface area contributed by atoms with Gasteiger partial charge in [0, 0.05) is 12.1 Å². The summed E-state index contributed by atoms with van der Waals surface area (Å²) in [4.78, 5) is 0. The molecule has 0 aliphatic carbocycles. The van der Waals surface area contributed by atoms with Gasteiger partial charge in [-0.1, -0.05) is 12.1 Å². The van der Waals surface area contributed by atoms with E-state index in [1.807, 2.05) is 19.1 Å². The van der Waals surface area contributed by atoms with Gasteiger partial charge in [-0.25, -0.2) is 0 Å². The SMILES string of the molecule is CC1OCCC1(N)Cc1ccc(O)cc1. The fraction of sp³-hybridized carbons (Fsp3) is 0.500. The van der Waals surface area contributed by atoms with Gasteiger partial charge >= 0.3 is 0 Å². The third-order valence-electron chi connectivity index (χ3n) is 3.21. The molecule has 1 aromatic rings. The molecule has 0 bridgehead atoms. The second-order valence-electron chi connectivity index (χ2n) is 4.34. The van der Waals surface area contributed by atoms with E-state index in [0.29, 0.717) is 5.75 Å². The van der Waals surface area contributed by atoms with Gasteiger partial charge in [0.25, 0.3) is 0 Å². The number of hydrogen-bond acceptors (Lipinski definition) is 3. The minimum Gasteiger partial charge on any atom is -0.508 e. The molecule has 0 aromatic heterocycles. The number of benzene rings is 1. The number of ether oxygens (including phenoxy) is 1. The maximum atomic E-state index is 9.18. The van der Waals surface area contributed by atoms with Crippen LogP contribution >= 0.6 is 0 Å². The molecule has 2 rings (SSSR count). The van der Waals surface area contributed by atoms with Crippen molar-refractivity contribution in [3.63, 3.8) is 0 Å². The molecule has 82 valence electrons. The minimum atomic E-state index is -0.253. The highest BCUT2D eigenvalue weighted by molar-refractivity contribution is 5.27. The predicted octanol–water partition coefficient (Wildman–Crippen LogP) is 1.44. The van der Waals surface area contributed by atoms with Gasteiger partial charge in [-0.3, -0.25) is 0 Å². The second kappa shape index (κ2) is 3.83. The fourth-order valence-electron chi connectivity index (χ4n) is 2.02. The molecule has 1 aliphatic heterocycles. The van der Waals surface area contributed by atoms with Crippen molar-refractivity contribution in [2.75, 3.05) is 6.61 Å². The summed E-state index contributed by atoms with van der Waals surface area (Å²) in [5.74, 6) is 0.292. The summed E-state index contributed by atoms with van der Waals surface area (Å²) in [7, 11) is 0. The molecule has 0 radical (unpaired) electrons. The summed E-state index contributed by atoms with van der Waals surface area (Å²) in [5, 5.41) is 9.18. The molecule has 2 unspecified atom stereocenters. The van der Waals surface area contributed by atoms with Crippen molar-refractivity contribution in [1.29, 1.82) is 0 Å². The second-order valence-corrected chi connectivity index (χ2v) is 4.34. The Morgan fingerprint density at radius 1 is 1.47 bits per heavy atom. The lowest BCUT2D eigenvalue weighted by molar-refractivity contribution is 0.0955. The van der Waals surface area contributed by atoms with E-state index in [1.165, 1.54) is 0 Å². The van der Waals surface area contributed by atoms with Gasteiger partial charge in [-0.2, -0.15) is 0 Å². The molecule has 1 heterocycles. The summed E-state index contributed by atoms with van der Waals surface area (Å²) in [6.45, 7) is 2.77. The maximum Gasteiger partial charge on any atom is 0.115 e. The Kier molecular flexibility index (Phi) is 2.67. The first-order chi connectivity index (χ1) is 7.10. The van der Waals surface area contributed by atoms with E-state index in [0.717, 1.165) is 25.0 Å². The summed E-state index contributed by atoms with van der Waals surface area (Å²) < 4.78 is 5.49. The lowest BCUT2D eigenvalue weighted by atomic mass is 9.86. The molecule has 3 heteroatoms. The molecule has 0 spiro atoms. The highest BCUT2D eigenvalue weighted by atomic mass is 16.5. The molecule has 3 nitrogen and oxygen atoms in total. The van der Waals surface area contributed by atoms with Gasteiger partial charge < -0.3 is 15.6 Å². The molecule has 0 amide bonds. The van der Waals surface area contributed by atoms with Crippen LogP contribution < -0.4 is 5.73 Å². The third kappa shape index (κ3) is 2.13. The number of nitrogens with two attached hydrogens (primary N) is 1. The first kappa shape index (κ1) is 10.5. The fourth-order valence-corrected chi connectivity index (χ4v) is 2.02. The molecular formula is C12H17NO2. The van der Waals surface area contributed by atoms with Gasteiger partial charge in [-0.15, -0.1) is 0 Å². The van der Waals surface area contributed by atoms with Gasteiger partial charge in [-0.05, 0) is 37.5 Å². The van der Waals surface area contributed by atoms with Crippen molar-refractivity contribution in [2.45, 2.75) is 31.4 Å². The van der Waals surface area contributed by atoms with Crippen LogP contribution in [0.25, 0.3) is 0 Å². The van der Waals surface area contributed by atoms with E-state index in [9.17, 15) is 5.11 Å². The number of phenolic OH excluding ortho intramolecular Hbond substituents is 1. The topological polar surface area (TPSA) is 55.5 Å². The van der Waals surface area contributed by atoms with E-state index in [1.54, 1.807) is 12.1 Å². The van der Waals surface area contributed by atoms with Crippen LogP contribution in [0, 0.1) is 0 Å². The Bertz CT molecular complexity index is 336. The zero-order valence-electron chi connectivity index (χ0n) is 8.94. The lowest BCUT2D eigenvalue weighted by Gasteiger charge is -2.27. The van der Waals surface area contributed by atoms with Crippen molar-refractivity contribution in [1.82, 2.24) is 0 Å². The van der Waals surface area contributed by atoms with E-state index < -0.39 is 0 Å². The third-order valence-corrected chi connectivity index (χ3v) is 3.21. The van der Waals surface area contributed by atoms with Gasteiger partial charge in [0.2, 0.25) is 0 Å². The molecule has 2 atom stereocenters. The Balaban J connectivity index is 2.11. The molecule has 1 fully saturated rings. The first-order valence-corrected chi connectivity index (χ1v) is 5.28. The minimum absolute atomic E-state index is 0.103. The average Bonchev–Trinajstić information content (AvgIpc) is 2.51. The molecule has 1 saturated heterocycles. The van der Waals surface area contributed by atoms with E-state index in [4.69, 9.17) is 10.5 Å². The Hall–Kier alpha value is -1.06. The van der Waals surface area contributed by atoms with E-state index >= 15 is 0 Å². The highest BCUT2D eigenvalue weighted by Crippen LogP contribution is 2.27. The van der Waals surface area contributed by atoms with Crippen LogP contribution in [0.4, 0.5) is 0 Å². The lowest BCUT2D eigenvalue weighted by Crippen LogP contribution is -2.47. The van der Waals surface area contributed by atoms with Crippen LogP contribution in [0.1, 0.15) is 18.9 Å². The van der Waals surface area contributed by atoms with Crippen molar-refractivity contribution < 1.29 is 9.84 Å². The van der Waals surface area contributed by atoms with E-state index in [-0.39, 0.29) is 11.6 Å². The quantitative estimate of drug-likeness (QED) is 0.771. The van der Waals surface area contributed by atoms with Crippen LogP contribution in [0.5, 0.6) is 5.75 Å². The molecule has 15 heavy (non-hydrogen) atoms. The zero-order chi connectivity index (χ0) is 10.9. The maximum absolute atomic E-state index is 9.18. The number of hydrogen-bond donors (Lipinski definition) is 2. The predicted molar refractivity (Wildman–Crippen MR) is 58.8 cm³/mol. The van der Waals surface area contributed by atoms with Crippen molar-refractivity contribution in [3.8, 4) is 5.75 Å². The van der Waals surface area contributed by atoms with Crippen molar-refractivity contribution in [3.05, 3.63) is 29.8 Å². The zero-order valence-corrected chi connectivity index (χ0v) is 8.94. The molecule has 1 aromatic carbocycles. The number of phenols is 1. The monoisotopic (exact) mass is 207 g/mol. The Labute approximate surface area is 89.9 Å². The average molecular weight is 207 g/mol. The molecule has 3 N–H and O–H groups in total. The normalized spacial score (nSPS) is 30.7. The van der Waals surface area contributed by atoms with Gasteiger partial charge in [0.1, 0.15) is 5.75 Å². The van der Waals surface area contributed by atoms with Gasteiger partial charge in [0.15, 0.2) is 0 Å². The molecule has 0 saturated carbocycles. The van der Waals surface area contributed by atoms with Crippen LogP contribution in [0.15, 0.2) is 24.3 Å². The summed E-state index contributed by atoms with van der Waals surface area (Å²) in [6.07, 6.45) is 1.80. The number of aromatic hydroxyl groups is 1. The first-order valence-electron chi connectivity index (χ1n) is 5.28. The smallest absolute Gasteiger partial charge is 0.115 e. The standard InChI is InChI=1S/C12H17NO2/c1-9-12(13,6-7-15-9)8-10-2-4-11(14)5-3-10/h2-5,9,14H,6-8,13H2,1H3. The van der Waals surface area contributed by atoms with Crippen LogP contribution in [0.3, 0.4) is 0 Å². The Morgan fingerprint density at radius 2 is 2.13 bits per heavy atom. The van der Waals surface area contributed by atoms with Crippen molar-refractivity contribution >= 4 is 0 Å². The van der Waals surface area contributed by atoms with Crippen molar-refractivity contribution in [2.24, 2.45) is 5.73 Å². The van der Waals surface area contributed by atoms with Crippen LogP contribution in [-0.4, -0.2) is 23.4 Å². The molecule has 1 aliphatic rings. The summed E-state index contributed by atoms with van der Waals surface area (Å²) >= 11 is 0. The molecular weight excluding hydrogens is 190 g/mol. The Morgan fingerprint density at radius 3 is 2.67 bits per heavy atom. The number of rotatable bonds is 2. The summed E-state index contributed by atoms with van der Waals surface area (Å²) in [6, 6.07) is 7.21. The highest BCUT2D eigenvalue weighted by Gasteiger charge is 2.37. The van der Waals surface area contributed by atoms with Crippen LogP contribution in [-0.2, 0) is 11.2 Å². The largest absolute Gasteiger partial charge is 0.508 e.